The summed E-state index contributed by atoms with van der Waals surface area (Å²) in [5.74, 6) is 0.202. The minimum absolute atomic E-state index is 0.0757. The van der Waals surface area contributed by atoms with Crippen LogP contribution >= 0.6 is 11.3 Å². The van der Waals surface area contributed by atoms with E-state index in [1.54, 1.807) is 0 Å². The molecule has 1 aromatic rings. The Morgan fingerprint density at radius 1 is 1.56 bits per heavy atom. The first-order valence-electron chi connectivity index (χ1n) is 5.88. The summed E-state index contributed by atoms with van der Waals surface area (Å²) in [5.41, 5.74) is 7.13. The quantitative estimate of drug-likeness (QED) is 0.828. The summed E-state index contributed by atoms with van der Waals surface area (Å²) in [6.45, 7) is 0.680. The van der Waals surface area contributed by atoms with Crippen LogP contribution in [0.25, 0.3) is 0 Å². The number of nitrogens with one attached hydrogen (secondary N) is 1. The Morgan fingerprint density at radius 3 is 3.06 bits per heavy atom. The minimum Gasteiger partial charge on any atom is -0.351 e. The van der Waals surface area contributed by atoms with Crippen LogP contribution in [0.2, 0.25) is 0 Å². The van der Waals surface area contributed by atoms with Gasteiger partial charge in [-0.1, -0.05) is 0 Å². The van der Waals surface area contributed by atoms with E-state index in [1.165, 1.54) is 34.6 Å². The maximum Gasteiger partial charge on any atom is 0.225 e. The zero-order valence-corrected chi connectivity index (χ0v) is 9.98. The third-order valence-electron chi connectivity index (χ3n) is 3.41. The van der Waals surface area contributed by atoms with Crippen molar-refractivity contribution in [2.24, 2.45) is 11.7 Å². The van der Waals surface area contributed by atoms with Crippen molar-refractivity contribution in [2.45, 2.75) is 38.3 Å². The standard InChI is InChI=1S/C12H16N2OS/c13-10-5-9(10)12(15)14-6-8-4-7-2-1-3-11(7)16-8/h4,9-10H,1-3,5-6,13H2,(H,14,15). The van der Waals surface area contributed by atoms with E-state index < -0.39 is 0 Å². The van der Waals surface area contributed by atoms with Gasteiger partial charge in [-0.2, -0.15) is 0 Å². The molecule has 2 unspecified atom stereocenters. The number of thiophene rings is 1. The first-order valence-corrected chi connectivity index (χ1v) is 6.69. The molecule has 3 nitrogen and oxygen atoms in total. The summed E-state index contributed by atoms with van der Waals surface area (Å²) in [6.07, 6.45) is 4.59. The molecule has 2 aliphatic rings. The first-order chi connectivity index (χ1) is 7.74. The maximum absolute atomic E-state index is 11.6. The number of rotatable bonds is 3. The van der Waals surface area contributed by atoms with E-state index >= 15 is 0 Å². The topological polar surface area (TPSA) is 55.1 Å². The number of hydrogen-bond donors (Lipinski definition) is 2. The van der Waals surface area contributed by atoms with Gasteiger partial charge in [0.15, 0.2) is 0 Å². The fourth-order valence-corrected chi connectivity index (χ4v) is 3.50. The number of carbonyl (C=O) groups excluding carboxylic acids is 1. The molecule has 1 aromatic heterocycles. The summed E-state index contributed by atoms with van der Waals surface area (Å²) in [7, 11) is 0. The summed E-state index contributed by atoms with van der Waals surface area (Å²) in [5, 5.41) is 2.97. The summed E-state index contributed by atoms with van der Waals surface area (Å²) in [6, 6.07) is 2.36. The molecule has 2 atom stereocenters. The molecule has 0 bridgehead atoms. The van der Waals surface area contributed by atoms with Gasteiger partial charge in [0, 0.05) is 15.8 Å². The normalized spacial score (nSPS) is 26.6. The van der Waals surface area contributed by atoms with Crippen LogP contribution in [0.5, 0.6) is 0 Å². The second-order valence-electron chi connectivity index (χ2n) is 4.74. The van der Waals surface area contributed by atoms with Gasteiger partial charge in [-0.25, -0.2) is 0 Å². The fraction of sp³-hybridized carbons (Fsp3) is 0.583. The summed E-state index contributed by atoms with van der Waals surface area (Å²) >= 11 is 1.85. The van der Waals surface area contributed by atoms with Gasteiger partial charge in [0.2, 0.25) is 5.91 Å². The zero-order chi connectivity index (χ0) is 11.1. The van der Waals surface area contributed by atoms with Gasteiger partial charge in [-0.05, 0) is 37.3 Å². The molecule has 2 aliphatic carbocycles. The second-order valence-corrected chi connectivity index (χ2v) is 5.96. The Balaban J connectivity index is 1.56. The van der Waals surface area contributed by atoms with Crippen molar-refractivity contribution >= 4 is 17.2 Å². The van der Waals surface area contributed by atoms with Crippen LogP contribution in [0.4, 0.5) is 0 Å². The van der Waals surface area contributed by atoms with Gasteiger partial charge in [0.25, 0.3) is 0 Å². The van der Waals surface area contributed by atoms with Gasteiger partial charge < -0.3 is 11.1 Å². The van der Waals surface area contributed by atoms with Crippen LogP contribution in [0.3, 0.4) is 0 Å². The third-order valence-corrected chi connectivity index (χ3v) is 4.65. The fourth-order valence-electron chi connectivity index (χ4n) is 2.30. The van der Waals surface area contributed by atoms with E-state index in [4.69, 9.17) is 5.73 Å². The zero-order valence-electron chi connectivity index (χ0n) is 9.16. The number of hydrogen-bond acceptors (Lipinski definition) is 3. The lowest BCUT2D eigenvalue weighted by Gasteiger charge is -2.01. The molecular formula is C12H16N2OS. The summed E-state index contributed by atoms with van der Waals surface area (Å²) in [4.78, 5) is 14.4. The van der Waals surface area contributed by atoms with Crippen LogP contribution in [0, 0.1) is 5.92 Å². The molecular weight excluding hydrogens is 220 g/mol. The molecule has 1 fully saturated rings. The lowest BCUT2D eigenvalue weighted by atomic mass is 10.2. The molecule has 86 valence electrons. The molecule has 0 spiro atoms. The smallest absolute Gasteiger partial charge is 0.225 e. The number of amides is 1. The van der Waals surface area contributed by atoms with Crippen LogP contribution in [0.15, 0.2) is 6.07 Å². The average Bonchev–Trinajstić information content (AvgIpc) is 2.69. The van der Waals surface area contributed by atoms with Gasteiger partial charge in [-0.3, -0.25) is 4.79 Å². The molecule has 0 radical (unpaired) electrons. The molecule has 4 heteroatoms. The Kier molecular flexibility index (Phi) is 2.48. The number of carbonyl (C=O) groups is 1. The van der Waals surface area contributed by atoms with Gasteiger partial charge in [0.1, 0.15) is 0 Å². The number of nitrogens with two attached hydrogens (primary N) is 1. The molecule has 1 amide bonds. The van der Waals surface area contributed by atoms with Crippen molar-refractivity contribution < 1.29 is 4.79 Å². The monoisotopic (exact) mass is 236 g/mol. The predicted octanol–water partition coefficient (Wildman–Crippen LogP) is 1.20. The van der Waals surface area contributed by atoms with E-state index in [2.05, 4.69) is 11.4 Å². The van der Waals surface area contributed by atoms with Gasteiger partial charge in [-0.15, -0.1) is 11.3 Å². The van der Waals surface area contributed by atoms with Crippen LogP contribution in [-0.4, -0.2) is 11.9 Å². The van der Waals surface area contributed by atoms with Crippen molar-refractivity contribution in [3.8, 4) is 0 Å². The van der Waals surface area contributed by atoms with Gasteiger partial charge in [0.05, 0.1) is 12.5 Å². The largest absolute Gasteiger partial charge is 0.351 e. The van der Waals surface area contributed by atoms with E-state index in [-0.39, 0.29) is 17.9 Å². The lowest BCUT2D eigenvalue weighted by molar-refractivity contribution is -0.122. The molecule has 16 heavy (non-hydrogen) atoms. The molecule has 0 aliphatic heterocycles. The molecule has 3 rings (SSSR count). The second kappa shape index (κ2) is 3.86. The molecule has 0 aromatic carbocycles. The van der Waals surface area contributed by atoms with E-state index in [1.807, 2.05) is 11.3 Å². The van der Waals surface area contributed by atoms with E-state index in [0.717, 1.165) is 6.42 Å². The minimum atomic E-state index is 0.0757. The highest BCUT2D eigenvalue weighted by atomic mass is 32.1. The lowest BCUT2D eigenvalue weighted by Crippen LogP contribution is -2.26. The Morgan fingerprint density at radius 2 is 2.38 bits per heavy atom. The number of aryl methyl sites for hydroxylation is 2. The maximum atomic E-state index is 11.6. The van der Waals surface area contributed by atoms with Crippen LogP contribution in [-0.2, 0) is 24.2 Å². The van der Waals surface area contributed by atoms with Crippen molar-refractivity contribution in [1.82, 2.24) is 5.32 Å². The average molecular weight is 236 g/mol. The first kappa shape index (κ1) is 10.3. The Labute approximate surface area is 99.0 Å². The Bertz CT molecular complexity index is 405. The van der Waals surface area contributed by atoms with Crippen LogP contribution in [0.1, 0.15) is 28.2 Å². The van der Waals surface area contributed by atoms with Gasteiger partial charge >= 0.3 is 0 Å². The third kappa shape index (κ3) is 1.87. The van der Waals surface area contributed by atoms with Crippen LogP contribution < -0.4 is 11.1 Å². The molecule has 0 saturated heterocycles. The Hall–Kier alpha value is -0.870. The molecule has 1 heterocycles. The molecule has 3 N–H and O–H groups in total. The highest BCUT2D eigenvalue weighted by Gasteiger charge is 2.39. The number of fused-ring (bicyclic) bond motifs is 1. The SMILES string of the molecule is NC1CC1C(=O)NCc1cc2c(s1)CCC2. The van der Waals surface area contributed by atoms with Crippen molar-refractivity contribution in [3.05, 3.63) is 21.4 Å². The summed E-state index contributed by atoms with van der Waals surface area (Å²) < 4.78 is 0. The molecule has 1 saturated carbocycles. The van der Waals surface area contributed by atoms with E-state index in [9.17, 15) is 4.79 Å². The predicted molar refractivity (Wildman–Crippen MR) is 64.3 cm³/mol. The van der Waals surface area contributed by atoms with Crippen molar-refractivity contribution in [2.75, 3.05) is 0 Å². The highest BCUT2D eigenvalue weighted by molar-refractivity contribution is 7.12. The van der Waals surface area contributed by atoms with E-state index in [0.29, 0.717) is 6.54 Å². The van der Waals surface area contributed by atoms with Crippen molar-refractivity contribution in [1.29, 1.82) is 0 Å². The van der Waals surface area contributed by atoms with Crippen molar-refractivity contribution in [3.63, 3.8) is 0 Å². The highest BCUT2D eigenvalue weighted by Crippen LogP contribution is 2.31.